The Morgan fingerprint density at radius 3 is 1.68 bits per heavy atom. The van der Waals surface area contributed by atoms with Crippen LogP contribution in [-0.2, 0) is 0 Å². The van der Waals surface area contributed by atoms with Crippen LogP contribution < -0.4 is 0 Å². The summed E-state index contributed by atoms with van der Waals surface area (Å²) in [5.74, 6) is 0. The predicted molar refractivity (Wildman–Crippen MR) is 97.5 cm³/mol. The monoisotopic (exact) mass is 312 g/mol. The number of fused-ring (bicyclic) bond motifs is 1. The van der Waals surface area contributed by atoms with E-state index in [0.29, 0.717) is 0 Å². The summed E-state index contributed by atoms with van der Waals surface area (Å²) in [6.07, 6.45) is 4.08. The molecule has 0 N–H and O–H groups in total. The first-order valence-corrected chi connectivity index (χ1v) is 18.3. The maximum Gasteiger partial charge on any atom is 0.0573 e. The molecule has 0 aliphatic heterocycles. The maximum absolute atomic E-state index is 9.76. The van der Waals surface area contributed by atoms with Gasteiger partial charge in [-0.25, -0.2) is 0 Å². The third-order valence-electron chi connectivity index (χ3n) is 5.75. The molecule has 0 saturated heterocycles. The van der Waals surface area contributed by atoms with Crippen molar-refractivity contribution in [1.29, 1.82) is 0 Å². The molecule has 2 aliphatic carbocycles. The molecule has 3 atom stereocenters. The second-order valence-electron chi connectivity index (χ2n) is 9.72. The standard InChI is InChI=1S/C16H34Si3/c1-17(2,3)14-15(18(4,5)6)12-10-11-13-16(14,15)19(7,8)9/h10-11,14H,12-13H2,1-9H3/t14-,15-,16+/i10D,14D/m1/s1. The number of hydrogen-bond acceptors (Lipinski definition) is 0. The Balaban J connectivity index is 2.80. The quantitative estimate of drug-likeness (QED) is 0.429. The molecule has 1 saturated carbocycles. The number of rotatable bonds is 3. The lowest BCUT2D eigenvalue weighted by atomic mass is 10.1. The Hall–Kier alpha value is 0.391. The molecule has 0 heterocycles. The van der Waals surface area contributed by atoms with Crippen molar-refractivity contribution in [2.24, 2.45) is 0 Å². The Bertz CT molecular complexity index is 495. The summed E-state index contributed by atoms with van der Waals surface area (Å²) < 4.78 is 18.1. The first-order valence-electron chi connectivity index (χ1n) is 8.76. The molecule has 1 fully saturated rings. The van der Waals surface area contributed by atoms with Gasteiger partial charge in [-0.2, -0.15) is 0 Å². The Labute approximate surface area is 126 Å². The van der Waals surface area contributed by atoms with E-state index >= 15 is 0 Å². The fourth-order valence-electron chi connectivity index (χ4n) is 5.36. The minimum atomic E-state index is -1.65. The molecular weight excluding hydrogens is 276 g/mol. The van der Waals surface area contributed by atoms with Crippen LogP contribution in [0.5, 0.6) is 0 Å². The number of hydrogen-bond donors (Lipinski definition) is 0. The normalized spacial score (nSPS) is 45.0. The van der Waals surface area contributed by atoms with Gasteiger partial charge in [0.25, 0.3) is 0 Å². The van der Waals surface area contributed by atoms with Crippen molar-refractivity contribution in [2.75, 3.05) is 0 Å². The lowest BCUT2D eigenvalue weighted by Gasteiger charge is -2.42. The number of allylic oxidation sites excluding steroid dienone is 2. The van der Waals surface area contributed by atoms with Gasteiger partial charge in [0.2, 0.25) is 0 Å². The van der Waals surface area contributed by atoms with Crippen LogP contribution in [0.4, 0.5) is 0 Å². The van der Waals surface area contributed by atoms with Crippen LogP contribution in [0.3, 0.4) is 0 Å². The van der Waals surface area contributed by atoms with Crippen LogP contribution in [0.25, 0.3) is 0 Å². The van der Waals surface area contributed by atoms with Gasteiger partial charge in [0.1, 0.15) is 0 Å². The van der Waals surface area contributed by atoms with Gasteiger partial charge in [0, 0.05) is 9.44 Å². The molecule has 0 radical (unpaired) electrons. The molecular formula is C16H34Si3. The third-order valence-corrected chi connectivity index (χ3v) is 15.7. The molecule has 0 bridgehead atoms. The third kappa shape index (κ3) is 1.80. The highest BCUT2D eigenvalue weighted by atomic mass is 28.3. The summed E-state index contributed by atoms with van der Waals surface area (Å²) in [6, 6.07) is 0.818. The average Bonchev–Trinajstić information content (AvgIpc) is 2.75. The largest absolute Gasteiger partial charge is 0.0883 e. The summed E-state index contributed by atoms with van der Waals surface area (Å²) in [4.78, 5) is 0. The van der Waals surface area contributed by atoms with Gasteiger partial charge in [-0.3, -0.25) is 0 Å². The molecule has 2 aliphatic rings. The minimum absolute atomic E-state index is 0.147. The zero-order valence-corrected chi connectivity index (χ0v) is 17.5. The molecule has 2 rings (SSSR count). The van der Waals surface area contributed by atoms with E-state index < -0.39 is 24.2 Å². The molecule has 0 aromatic carbocycles. The van der Waals surface area contributed by atoms with Crippen molar-refractivity contribution in [3.63, 3.8) is 0 Å². The first-order chi connectivity index (χ1) is 9.10. The Morgan fingerprint density at radius 1 is 0.895 bits per heavy atom. The van der Waals surface area contributed by atoms with E-state index in [-0.39, 0.29) is 15.6 Å². The average molecular weight is 313 g/mol. The lowest BCUT2D eigenvalue weighted by molar-refractivity contribution is 0.678. The maximum atomic E-state index is 9.76. The molecule has 19 heavy (non-hydrogen) atoms. The van der Waals surface area contributed by atoms with Crippen molar-refractivity contribution in [2.45, 2.75) is 87.4 Å². The first kappa shape index (κ1) is 13.1. The molecule has 3 heteroatoms. The highest BCUT2D eigenvalue weighted by Gasteiger charge is 2.84. The Morgan fingerprint density at radius 2 is 1.32 bits per heavy atom. The van der Waals surface area contributed by atoms with Gasteiger partial charge in [-0.15, -0.1) is 0 Å². The van der Waals surface area contributed by atoms with E-state index in [4.69, 9.17) is 1.37 Å². The molecule has 0 unspecified atom stereocenters. The summed E-state index contributed by atoms with van der Waals surface area (Å²) in [5, 5.41) is 0.361. The van der Waals surface area contributed by atoms with Gasteiger partial charge < -0.3 is 0 Å². The summed E-state index contributed by atoms with van der Waals surface area (Å²) >= 11 is 0. The van der Waals surface area contributed by atoms with Gasteiger partial charge >= 0.3 is 0 Å². The summed E-state index contributed by atoms with van der Waals surface area (Å²) in [6.45, 7) is 22.1. The van der Waals surface area contributed by atoms with Gasteiger partial charge in [0.05, 0.1) is 17.5 Å². The van der Waals surface area contributed by atoms with Crippen LogP contribution in [0.2, 0.25) is 74.5 Å². The molecule has 0 spiro atoms. The molecule has 110 valence electrons. The molecule has 0 nitrogen and oxygen atoms in total. The summed E-state index contributed by atoms with van der Waals surface area (Å²) in [5.41, 5.74) is -0.235. The van der Waals surface area contributed by atoms with Gasteiger partial charge in [-0.05, 0) is 28.4 Å². The van der Waals surface area contributed by atoms with Crippen LogP contribution in [-0.4, -0.2) is 24.2 Å². The van der Waals surface area contributed by atoms with E-state index in [9.17, 15) is 1.37 Å². The topological polar surface area (TPSA) is 0 Å². The van der Waals surface area contributed by atoms with Crippen molar-refractivity contribution in [3.8, 4) is 0 Å². The van der Waals surface area contributed by atoms with E-state index in [1.54, 1.807) is 0 Å². The van der Waals surface area contributed by atoms with Gasteiger partial charge in [0.15, 0.2) is 0 Å². The van der Waals surface area contributed by atoms with Crippen molar-refractivity contribution in [1.82, 2.24) is 0 Å². The zero-order chi connectivity index (χ0) is 16.7. The highest BCUT2D eigenvalue weighted by Crippen LogP contribution is 2.97. The SMILES string of the molecule is [2H]C1=CC[C@]2([Si](C)(C)C)[C@]([2H])([Si](C)(C)C)[C@]2([Si](C)(C)C)C1. The molecule has 0 aromatic heterocycles. The molecule has 0 amide bonds. The minimum Gasteiger partial charge on any atom is -0.0883 e. The van der Waals surface area contributed by atoms with E-state index in [0.717, 1.165) is 18.9 Å². The second-order valence-corrected chi connectivity index (χ2v) is 25.4. The van der Waals surface area contributed by atoms with Crippen LogP contribution in [0, 0.1) is 0 Å². The summed E-state index contributed by atoms with van der Waals surface area (Å²) in [7, 11) is -4.71. The zero-order valence-electron chi connectivity index (χ0n) is 16.5. The Kier molecular flexibility index (Phi) is 2.74. The lowest BCUT2D eigenvalue weighted by Crippen LogP contribution is -2.41. The van der Waals surface area contributed by atoms with Crippen LogP contribution >= 0.6 is 0 Å². The molecule has 0 aromatic rings. The smallest absolute Gasteiger partial charge is 0.0573 e. The van der Waals surface area contributed by atoms with Crippen LogP contribution in [0.15, 0.2) is 12.1 Å². The highest BCUT2D eigenvalue weighted by molar-refractivity contribution is 6.95. The van der Waals surface area contributed by atoms with E-state index in [1.165, 1.54) is 0 Å². The predicted octanol–water partition coefficient (Wildman–Crippen LogP) is 6.22. The van der Waals surface area contributed by atoms with E-state index in [2.05, 4.69) is 65.0 Å². The van der Waals surface area contributed by atoms with Crippen molar-refractivity contribution < 1.29 is 2.74 Å². The fraction of sp³-hybridized carbons (Fsp3) is 0.875. The second kappa shape index (κ2) is 3.98. The van der Waals surface area contributed by atoms with Gasteiger partial charge in [-0.1, -0.05) is 71.1 Å². The van der Waals surface area contributed by atoms with Crippen molar-refractivity contribution >= 4 is 24.2 Å². The van der Waals surface area contributed by atoms with Crippen LogP contribution in [0.1, 0.15) is 15.6 Å². The van der Waals surface area contributed by atoms with Crippen molar-refractivity contribution in [3.05, 3.63) is 12.1 Å². The fourth-order valence-corrected chi connectivity index (χ4v) is 21.8. The van der Waals surface area contributed by atoms with E-state index in [1.807, 2.05) is 0 Å².